The van der Waals surface area contributed by atoms with Crippen molar-refractivity contribution in [2.45, 2.75) is 25.9 Å². The Morgan fingerprint density at radius 3 is 2.71 bits per heavy atom. The highest BCUT2D eigenvalue weighted by atomic mass is 32.1. The van der Waals surface area contributed by atoms with Gasteiger partial charge in [-0.05, 0) is 55.8 Å². The van der Waals surface area contributed by atoms with Crippen molar-refractivity contribution in [3.63, 3.8) is 0 Å². The summed E-state index contributed by atoms with van der Waals surface area (Å²) < 4.78 is 5.51. The molecule has 0 spiro atoms. The van der Waals surface area contributed by atoms with Gasteiger partial charge < -0.3 is 15.4 Å². The van der Waals surface area contributed by atoms with Gasteiger partial charge in [-0.2, -0.15) is 0 Å². The van der Waals surface area contributed by atoms with Gasteiger partial charge in [-0.15, -0.1) is 0 Å². The fraction of sp³-hybridized carbons (Fsp3) is 0.429. The van der Waals surface area contributed by atoms with Crippen molar-refractivity contribution < 1.29 is 4.74 Å². The number of benzene rings is 1. The van der Waals surface area contributed by atoms with Crippen LogP contribution in [0.3, 0.4) is 0 Å². The molecule has 0 unspecified atom stereocenters. The zero-order chi connectivity index (χ0) is 15.1. The first-order valence-electron chi connectivity index (χ1n) is 6.93. The van der Waals surface area contributed by atoms with E-state index in [4.69, 9.17) is 29.2 Å². The number of hydrogen-bond acceptors (Lipinski definition) is 3. The van der Waals surface area contributed by atoms with Gasteiger partial charge in [0.2, 0.25) is 0 Å². The van der Waals surface area contributed by atoms with Crippen LogP contribution in [-0.2, 0) is 4.74 Å². The third-order valence-corrected chi connectivity index (χ3v) is 3.65. The number of para-hydroxylation sites is 1. The van der Waals surface area contributed by atoms with E-state index in [1.807, 2.05) is 31.2 Å². The van der Waals surface area contributed by atoms with E-state index in [0.29, 0.717) is 16.8 Å². The molecule has 4 N–H and O–H groups in total. The molecule has 1 heterocycles. The topological polar surface area (TPSA) is 57.3 Å². The molecule has 0 bridgehead atoms. The Kier molecular flexibility index (Phi) is 6.16. The molecule has 7 heteroatoms. The maximum atomic E-state index is 5.51. The van der Waals surface area contributed by atoms with Gasteiger partial charge in [0, 0.05) is 18.8 Å². The third kappa shape index (κ3) is 5.45. The summed E-state index contributed by atoms with van der Waals surface area (Å²) in [6, 6.07) is 7.93. The van der Waals surface area contributed by atoms with Gasteiger partial charge in [0.1, 0.15) is 0 Å². The largest absolute Gasteiger partial charge is 0.376 e. The van der Waals surface area contributed by atoms with E-state index in [1.165, 1.54) is 0 Å². The zero-order valence-electron chi connectivity index (χ0n) is 11.9. The Morgan fingerprint density at radius 1 is 1.24 bits per heavy atom. The zero-order valence-corrected chi connectivity index (χ0v) is 13.6. The second-order valence-electron chi connectivity index (χ2n) is 4.86. The molecule has 0 saturated carbocycles. The first-order valence-corrected chi connectivity index (χ1v) is 7.75. The highest BCUT2D eigenvalue weighted by Crippen LogP contribution is 2.12. The normalized spacial score (nSPS) is 17.1. The molecule has 0 amide bonds. The van der Waals surface area contributed by atoms with Crippen molar-refractivity contribution in [2.75, 3.05) is 18.5 Å². The Labute approximate surface area is 135 Å². The van der Waals surface area contributed by atoms with Crippen molar-refractivity contribution in [1.82, 2.24) is 16.2 Å². The summed E-state index contributed by atoms with van der Waals surface area (Å²) in [5.41, 5.74) is 7.81. The lowest BCUT2D eigenvalue weighted by molar-refractivity contribution is 0.114. The van der Waals surface area contributed by atoms with Crippen molar-refractivity contribution in [3.8, 4) is 0 Å². The number of ether oxygens (including phenoxy) is 1. The fourth-order valence-corrected chi connectivity index (χ4v) is 2.33. The van der Waals surface area contributed by atoms with Crippen LogP contribution in [0, 0.1) is 6.92 Å². The molecule has 1 saturated heterocycles. The quantitative estimate of drug-likeness (QED) is 0.500. The first kappa shape index (κ1) is 15.9. The maximum Gasteiger partial charge on any atom is 0.189 e. The van der Waals surface area contributed by atoms with Crippen LogP contribution in [0.1, 0.15) is 18.4 Å². The second kappa shape index (κ2) is 8.11. The minimum Gasteiger partial charge on any atom is -0.376 e. The average molecular weight is 324 g/mol. The van der Waals surface area contributed by atoms with E-state index in [-0.39, 0.29) is 6.10 Å². The summed E-state index contributed by atoms with van der Waals surface area (Å²) in [6.45, 7) is 3.58. The standard InChI is InChI=1S/C14H20N4OS2/c1-10-5-2-3-7-12(10)16-14(21)18-17-13(20)15-9-11-6-4-8-19-11/h2-3,5,7,11H,4,6,8-9H2,1H3,(H2,15,17,20)(H2,16,18,21)/t11-/m1/s1. The molecule has 1 aliphatic rings. The van der Waals surface area contributed by atoms with Crippen LogP contribution < -0.4 is 21.5 Å². The van der Waals surface area contributed by atoms with E-state index in [0.717, 1.165) is 30.7 Å². The first-order chi connectivity index (χ1) is 10.1. The van der Waals surface area contributed by atoms with Crippen LogP contribution in [0.25, 0.3) is 0 Å². The van der Waals surface area contributed by atoms with Crippen LogP contribution in [0.15, 0.2) is 24.3 Å². The smallest absolute Gasteiger partial charge is 0.189 e. The Bertz CT molecular complexity index is 504. The number of aryl methyl sites for hydroxylation is 1. The van der Waals surface area contributed by atoms with Crippen LogP contribution in [0.4, 0.5) is 5.69 Å². The van der Waals surface area contributed by atoms with Crippen molar-refractivity contribution >= 4 is 40.3 Å². The Balaban J connectivity index is 1.66. The van der Waals surface area contributed by atoms with Gasteiger partial charge in [-0.1, -0.05) is 18.2 Å². The Hall–Kier alpha value is -1.44. The van der Waals surface area contributed by atoms with Crippen LogP contribution in [0.2, 0.25) is 0 Å². The van der Waals surface area contributed by atoms with E-state index in [1.54, 1.807) is 0 Å². The third-order valence-electron chi connectivity index (χ3n) is 3.20. The highest BCUT2D eigenvalue weighted by Gasteiger charge is 2.15. The summed E-state index contributed by atoms with van der Waals surface area (Å²) >= 11 is 10.4. The average Bonchev–Trinajstić information content (AvgIpc) is 2.99. The van der Waals surface area contributed by atoms with Crippen LogP contribution >= 0.6 is 24.4 Å². The van der Waals surface area contributed by atoms with Crippen LogP contribution in [-0.4, -0.2) is 29.5 Å². The lowest BCUT2D eigenvalue weighted by Gasteiger charge is -2.16. The number of hydrazine groups is 1. The predicted molar refractivity (Wildman–Crippen MR) is 93.2 cm³/mol. The summed E-state index contributed by atoms with van der Waals surface area (Å²) in [5, 5.41) is 7.17. The highest BCUT2D eigenvalue weighted by molar-refractivity contribution is 7.80. The number of hydrogen-bond donors (Lipinski definition) is 4. The van der Waals surface area contributed by atoms with E-state index in [9.17, 15) is 0 Å². The minimum absolute atomic E-state index is 0.252. The molecule has 21 heavy (non-hydrogen) atoms. The maximum absolute atomic E-state index is 5.51. The summed E-state index contributed by atoms with van der Waals surface area (Å²) in [7, 11) is 0. The molecule has 1 fully saturated rings. The second-order valence-corrected chi connectivity index (χ2v) is 5.68. The van der Waals surface area contributed by atoms with Gasteiger partial charge >= 0.3 is 0 Å². The summed E-state index contributed by atoms with van der Waals surface area (Å²) in [6.07, 6.45) is 2.45. The summed E-state index contributed by atoms with van der Waals surface area (Å²) in [4.78, 5) is 0. The number of nitrogens with one attached hydrogen (secondary N) is 4. The molecule has 0 radical (unpaired) electrons. The molecule has 1 aliphatic heterocycles. The number of thiocarbonyl (C=S) groups is 2. The van der Waals surface area contributed by atoms with Gasteiger partial charge in [-0.25, -0.2) is 0 Å². The SMILES string of the molecule is Cc1ccccc1NC(=S)NNC(=S)NC[C@H]1CCCO1. The van der Waals surface area contributed by atoms with E-state index >= 15 is 0 Å². The molecule has 1 aromatic carbocycles. The monoisotopic (exact) mass is 324 g/mol. The predicted octanol–water partition coefficient (Wildman–Crippen LogP) is 1.84. The fourth-order valence-electron chi connectivity index (χ4n) is 2.04. The van der Waals surface area contributed by atoms with Gasteiger partial charge in [0.15, 0.2) is 10.2 Å². The molecular weight excluding hydrogens is 304 g/mol. The van der Waals surface area contributed by atoms with Crippen molar-refractivity contribution in [2.24, 2.45) is 0 Å². The minimum atomic E-state index is 0.252. The van der Waals surface area contributed by atoms with Gasteiger partial charge in [0.25, 0.3) is 0 Å². The molecule has 2 rings (SSSR count). The lowest BCUT2D eigenvalue weighted by atomic mass is 10.2. The summed E-state index contributed by atoms with van der Waals surface area (Å²) in [5.74, 6) is 0. The molecule has 1 aromatic rings. The van der Waals surface area contributed by atoms with Crippen molar-refractivity contribution in [1.29, 1.82) is 0 Å². The molecule has 0 aliphatic carbocycles. The van der Waals surface area contributed by atoms with Gasteiger partial charge in [0.05, 0.1) is 6.10 Å². The van der Waals surface area contributed by atoms with Crippen LogP contribution in [0.5, 0.6) is 0 Å². The van der Waals surface area contributed by atoms with E-state index in [2.05, 4.69) is 21.5 Å². The Morgan fingerprint density at radius 2 is 2.00 bits per heavy atom. The number of rotatable bonds is 3. The van der Waals surface area contributed by atoms with Gasteiger partial charge in [-0.3, -0.25) is 10.9 Å². The van der Waals surface area contributed by atoms with E-state index < -0.39 is 0 Å². The lowest BCUT2D eigenvalue weighted by Crippen LogP contribution is -2.49. The molecule has 5 nitrogen and oxygen atoms in total. The molecule has 1 atom stereocenters. The molecule has 0 aromatic heterocycles. The number of anilines is 1. The molecular formula is C14H20N4OS2. The molecule has 114 valence electrons. The van der Waals surface area contributed by atoms with Crippen molar-refractivity contribution in [3.05, 3.63) is 29.8 Å².